The third-order valence-corrected chi connectivity index (χ3v) is 2.23. The maximum absolute atomic E-state index is 8.72. The smallest absolute Gasteiger partial charge is 0.120 e. The molecule has 86 valence electrons. The number of nitrogens with zero attached hydrogens (tertiary/aromatic N) is 2. The van der Waals surface area contributed by atoms with Gasteiger partial charge in [0, 0.05) is 0 Å². The third-order valence-electron chi connectivity index (χ3n) is 2.23. The number of benzene rings is 1. The Hall–Kier alpha value is -1.53. The first kappa shape index (κ1) is 12.5. The van der Waals surface area contributed by atoms with Crippen molar-refractivity contribution in [2.24, 2.45) is 0 Å². The van der Waals surface area contributed by atoms with E-state index in [4.69, 9.17) is 10.00 Å². The van der Waals surface area contributed by atoms with Gasteiger partial charge in [-0.1, -0.05) is 6.07 Å². The summed E-state index contributed by atoms with van der Waals surface area (Å²) >= 11 is 0. The number of rotatable bonds is 6. The molecule has 3 heteroatoms. The van der Waals surface area contributed by atoms with Gasteiger partial charge in [0.05, 0.1) is 18.2 Å². The summed E-state index contributed by atoms with van der Waals surface area (Å²) in [7, 11) is 4.13. The Morgan fingerprint density at radius 1 is 1.31 bits per heavy atom. The highest BCUT2D eigenvalue weighted by molar-refractivity contribution is 5.36. The fraction of sp³-hybridized carbons (Fsp3) is 0.462. The largest absolute Gasteiger partial charge is 0.494 e. The normalized spacial score (nSPS) is 10.1. The number of hydrogen-bond acceptors (Lipinski definition) is 3. The zero-order valence-corrected chi connectivity index (χ0v) is 9.94. The lowest BCUT2D eigenvalue weighted by atomic mass is 10.2. The van der Waals surface area contributed by atoms with Crippen LogP contribution in [0, 0.1) is 11.3 Å². The monoisotopic (exact) mass is 218 g/mol. The molecule has 1 aromatic rings. The maximum atomic E-state index is 8.72. The molecule has 0 saturated heterocycles. The molecule has 0 amide bonds. The SMILES string of the molecule is CN(C)CCCCOc1cccc(C#N)c1. The van der Waals surface area contributed by atoms with Gasteiger partial charge in [-0.05, 0) is 51.7 Å². The van der Waals surface area contributed by atoms with Crippen LogP contribution in [0.5, 0.6) is 5.75 Å². The van der Waals surface area contributed by atoms with Crippen molar-refractivity contribution in [2.75, 3.05) is 27.2 Å². The molecule has 0 radical (unpaired) electrons. The zero-order chi connectivity index (χ0) is 11.8. The van der Waals surface area contributed by atoms with E-state index in [1.807, 2.05) is 12.1 Å². The van der Waals surface area contributed by atoms with Gasteiger partial charge in [0.15, 0.2) is 0 Å². The van der Waals surface area contributed by atoms with Gasteiger partial charge < -0.3 is 9.64 Å². The minimum Gasteiger partial charge on any atom is -0.494 e. The zero-order valence-electron chi connectivity index (χ0n) is 9.94. The molecule has 3 nitrogen and oxygen atoms in total. The summed E-state index contributed by atoms with van der Waals surface area (Å²) in [4.78, 5) is 2.16. The van der Waals surface area contributed by atoms with Crippen LogP contribution in [-0.4, -0.2) is 32.1 Å². The second-order valence-corrected chi connectivity index (χ2v) is 4.00. The molecule has 0 aromatic heterocycles. The Morgan fingerprint density at radius 3 is 2.81 bits per heavy atom. The Bertz CT molecular complexity index is 355. The van der Waals surface area contributed by atoms with E-state index in [1.54, 1.807) is 12.1 Å². The molecular formula is C13H18N2O. The van der Waals surface area contributed by atoms with Crippen molar-refractivity contribution in [3.63, 3.8) is 0 Å². The molecule has 0 aliphatic heterocycles. The lowest BCUT2D eigenvalue weighted by Gasteiger charge is -2.09. The van der Waals surface area contributed by atoms with Crippen molar-refractivity contribution in [3.05, 3.63) is 29.8 Å². The maximum Gasteiger partial charge on any atom is 0.120 e. The number of nitriles is 1. The van der Waals surface area contributed by atoms with Crippen molar-refractivity contribution in [3.8, 4) is 11.8 Å². The van der Waals surface area contributed by atoms with Crippen LogP contribution in [0.4, 0.5) is 0 Å². The molecule has 1 rings (SSSR count). The average molecular weight is 218 g/mol. The van der Waals surface area contributed by atoms with Gasteiger partial charge in [-0.2, -0.15) is 5.26 Å². The summed E-state index contributed by atoms with van der Waals surface area (Å²) in [5, 5.41) is 8.72. The standard InChI is InChI=1S/C13H18N2O/c1-15(2)8-3-4-9-16-13-7-5-6-12(10-13)11-14/h5-7,10H,3-4,8-9H2,1-2H3. The minimum absolute atomic E-state index is 0.644. The van der Waals surface area contributed by atoms with E-state index in [0.717, 1.165) is 25.1 Å². The molecule has 0 bridgehead atoms. The van der Waals surface area contributed by atoms with Crippen LogP contribution in [-0.2, 0) is 0 Å². The first-order valence-electron chi connectivity index (χ1n) is 5.50. The van der Waals surface area contributed by atoms with Crippen LogP contribution in [0.2, 0.25) is 0 Å². The molecule has 0 unspecified atom stereocenters. The van der Waals surface area contributed by atoms with Crippen LogP contribution < -0.4 is 4.74 Å². The van der Waals surface area contributed by atoms with Crippen molar-refractivity contribution in [2.45, 2.75) is 12.8 Å². The molecule has 16 heavy (non-hydrogen) atoms. The molecular weight excluding hydrogens is 200 g/mol. The summed E-state index contributed by atoms with van der Waals surface area (Å²) in [5.74, 6) is 0.781. The molecule has 0 saturated carbocycles. The highest BCUT2D eigenvalue weighted by Crippen LogP contribution is 2.12. The van der Waals surface area contributed by atoms with E-state index < -0.39 is 0 Å². The van der Waals surface area contributed by atoms with Gasteiger partial charge in [0.25, 0.3) is 0 Å². The van der Waals surface area contributed by atoms with Gasteiger partial charge in [0.1, 0.15) is 5.75 Å². The summed E-state index contributed by atoms with van der Waals surface area (Å²) in [6.07, 6.45) is 2.17. The highest BCUT2D eigenvalue weighted by atomic mass is 16.5. The fourth-order valence-corrected chi connectivity index (χ4v) is 1.38. The van der Waals surface area contributed by atoms with E-state index in [9.17, 15) is 0 Å². The molecule has 0 N–H and O–H groups in total. The lowest BCUT2D eigenvalue weighted by Crippen LogP contribution is -2.13. The summed E-state index contributed by atoms with van der Waals surface area (Å²) in [6, 6.07) is 9.37. The topological polar surface area (TPSA) is 36.3 Å². The van der Waals surface area contributed by atoms with Crippen molar-refractivity contribution >= 4 is 0 Å². The number of unbranched alkanes of at least 4 members (excludes halogenated alkanes) is 1. The van der Waals surface area contributed by atoms with Crippen LogP contribution in [0.1, 0.15) is 18.4 Å². The molecule has 0 fully saturated rings. The van der Waals surface area contributed by atoms with Crippen LogP contribution in [0.25, 0.3) is 0 Å². The molecule has 0 heterocycles. The summed E-state index contributed by atoms with van der Waals surface area (Å²) in [5.41, 5.74) is 0.644. The quantitative estimate of drug-likeness (QED) is 0.687. The molecule has 0 spiro atoms. The Morgan fingerprint density at radius 2 is 2.12 bits per heavy atom. The van der Waals surface area contributed by atoms with E-state index in [2.05, 4.69) is 25.1 Å². The predicted octanol–water partition coefficient (Wildman–Crippen LogP) is 2.28. The van der Waals surface area contributed by atoms with Crippen LogP contribution in [0.15, 0.2) is 24.3 Å². The first-order valence-corrected chi connectivity index (χ1v) is 5.50. The number of hydrogen-bond donors (Lipinski definition) is 0. The van der Waals surface area contributed by atoms with Crippen LogP contribution >= 0.6 is 0 Å². The van der Waals surface area contributed by atoms with Gasteiger partial charge in [-0.25, -0.2) is 0 Å². The Balaban J connectivity index is 2.24. The Kier molecular flexibility index (Phi) is 5.38. The lowest BCUT2D eigenvalue weighted by molar-refractivity contribution is 0.293. The summed E-state index contributed by atoms with van der Waals surface area (Å²) < 4.78 is 5.56. The summed E-state index contributed by atoms with van der Waals surface area (Å²) in [6.45, 7) is 1.80. The molecule has 1 aromatic carbocycles. The van der Waals surface area contributed by atoms with Gasteiger partial charge in [-0.3, -0.25) is 0 Å². The van der Waals surface area contributed by atoms with Crippen molar-refractivity contribution in [1.82, 2.24) is 4.90 Å². The second-order valence-electron chi connectivity index (χ2n) is 4.00. The van der Waals surface area contributed by atoms with Gasteiger partial charge in [-0.15, -0.1) is 0 Å². The van der Waals surface area contributed by atoms with Gasteiger partial charge in [0.2, 0.25) is 0 Å². The van der Waals surface area contributed by atoms with Crippen LogP contribution in [0.3, 0.4) is 0 Å². The Labute approximate surface area is 97.3 Å². The fourth-order valence-electron chi connectivity index (χ4n) is 1.38. The van der Waals surface area contributed by atoms with Crippen molar-refractivity contribution in [1.29, 1.82) is 5.26 Å². The second kappa shape index (κ2) is 6.86. The highest BCUT2D eigenvalue weighted by Gasteiger charge is 1.96. The van der Waals surface area contributed by atoms with Crippen molar-refractivity contribution < 1.29 is 4.74 Å². The minimum atomic E-state index is 0.644. The van der Waals surface area contributed by atoms with Gasteiger partial charge >= 0.3 is 0 Å². The molecule has 0 aliphatic carbocycles. The molecule has 0 aliphatic rings. The van der Waals surface area contributed by atoms with E-state index >= 15 is 0 Å². The van der Waals surface area contributed by atoms with E-state index in [0.29, 0.717) is 12.2 Å². The molecule has 0 atom stereocenters. The average Bonchev–Trinajstić information content (AvgIpc) is 2.28. The van der Waals surface area contributed by atoms with E-state index in [-0.39, 0.29) is 0 Å². The number of ether oxygens (including phenoxy) is 1. The first-order chi connectivity index (χ1) is 7.72. The predicted molar refractivity (Wildman–Crippen MR) is 64.4 cm³/mol. The third kappa shape index (κ3) is 4.81. The van der Waals surface area contributed by atoms with E-state index in [1.165, 1.54) is 0 Å².